The van der Waals surface area contributed by atoms with Crippen LogP contribution in [0.25, 0.3) is 5.69 Å². The van der Waals surface area contributed by atoms with E-state index in [2.05, 4.69) is 0 Å². The van der Waals surface area contributed by atoms with Crippen LogP contribution in [0.4, 0.5) is 0 Å². The SMILES string of the molecule is COc1ccc(OC)c(C(=O)COC(=O)c2cc(C)n(-c3ccccc3)c2C)c1. The lowest BCUT2D eigenvalue weighted by molar-refractivity contribution is 0.0473. The average Bonchev–Trinajstić information content (AvgIpc) is 3.05. The molecule has 150 valence electrons. The maximum absolute atomic E-state index is 12.6. The van der Waals surface area contributed by atoms with E-state index in [1.165, 1.54) is 14.2 Å². The van der Waals surface area contributed by atoms with Crippen molar-refractivity contribution in [2.75, 3.05) is 20.8 Å². The molecular formula is C23H23NO5. The molecule has 3 aromatic rings. The molecule has 3 rings (SSSR count). The zero-order chi connectivity index (χ0) is 21.0. The fourth-order valence-electron chi connectivity index (χ4n) is 3.26. The number of esters is 1. The van der Waals surface area contributed by atoms with Crippen LogP contribution in [0.5, 0.6) is 11.5 Å². The van der Waals surface area contributed by atoms with Crippen LogP contribution in [0.3, 0.4) is 0 Å². The fourth-order valence-corrected chi connectivity index (χ4v) is 3.26. The number of ketones is 1. The van der Waals surface area contributed by atoms with Gasteiger partial charge in [-0.2, -0.15) is 0 Å². The molecule has 1 heterocycles. The van der Waals surface area contributed by atoms with E-state index in [0.29, 0.717) is 22.6 Å². The normalized spacial score (nSPS) is 10.5. The second-order valence-electron chi connectivity index (χ2n) is 6.52. The molecule has 6 nitrogen and oxygen atoms in total. The Balaban J connectivity index is 1.78. The van der Waals surface area contributed by atoms with Crippen molar-refractivity contribution in [2.45, 2.75) is 13.8 Å². The Morgan fingerprint density at radius 1 is 0.897 bits per heavy atom. The number of carbonyl (C=O) groups excluding carboxylic acids is 2. The van der Waals surface area contributed by atoms with Gasteiger partial charge in [-0.25, -0.2) is 4.79 Å². The number of benzene rings is 2. The van der Waals surface area contributed by atoms with Crippen LogP contribution in [0.15, 0.2) is 54.6 Å². The fraction of sp³-hybridized carbons (Fsp3) is 0.217. The number of ether oxygens (including phenoxy) is 3. The second kappa shape index (κ2) is 8.65. The second-order valence-corrected chi connectivity index (χ2v) is 6.52. The largest absolute Gasteiger partial charge is 0.497 e. The van der Waals surface area contributed by atoms with Crippen LogP contribution in [0.1, 0.15) is 32.1 Å². The standard InChI is InChI=1S/C23H23NO5/c1-15-12-19(16(2)24(15)17-8-6-5-7-9-17)23(26)29-14-21(25)20-13-18(27-3)10-11-22(20)28-4/h5-13H,14H2,1-4H3. The summed E-state index contributed by atoms with van der Waals surface area (Å²) in [5.41, 5.74) is 3.34. The van der Waals surface area contributed by atoms with Crippen molar-refractivity contribution in [1.82, 2.24) is 4.57 Å². The summed E-state index contributed by atoms with van der Waals surface area (Å²) in [6.45, 7) is 3.38. The van der Waals surface area contributed by atoms with E-state index in [1.54, 1.807) is 24.3 Å². The Kier molecular flexibility index (Phi) is 6.02. The molecule has 0 saturated heterocycles. The summed E-state index contributed by atoms with van der Waals surface area (Å²) in [6, 6.07) is 16.4. The summed E-state index contributed by atoms with van der Waals surface area (Å²) in [5.74, 6) is 0.00227. The molecule has 2 aromatic carbocycles. The number of aromatic nitrogens is 1. The van der Waals surface area contributed by atoms with Gasteiger partial charge in [0.2, 0.25) is 5.78 Å². The van der Waals surface area contributed by atoms with Gasteiger partial charge in [-0.05, 0) is 50.2 Å². The molecule has 0 fully saturated rings. The van der Waals surface area contributed by atoms with Gasteiger partial charge in [0.05, 0.1) is 25.3 Å². The van der Waals surface area contributed by atoms with E-state index in [0.717, 1.165) is 17.1 Å². The number of para-hydroxylation sites is 1. The topological polar surface area (TPSA) is 66.8 Å². The summed E-state index contributed by atoms with van der Waals surface area (Å²) in [6.07, 6.45) is 0. The Morgan fingerprint density at radius 2 is 1.62 bits per heavy atom. The third kappa shape index (κ3) is 4.16. The maximum atomic E-state index is 12.6. The van der Waals surface area contributed by atoms with Crippen molar-refractivity contribution < 1.29 is 23.8 Å². The molecule has 0 atom stereocenters. The molecule has 0 aliphatic heterocycles. The van der Waals surface area contributed by atoms with E-state index < -0.39 is 12.6 Å². The number of rotatable bonds is 7. The van der Waals surface area contributed by atoms with Gasteiger partial charge in [-0.15, -0.1) is 0 Å². The average molecular weight is 393 g/mol. The lowest BCUT2D eigenvalue weighted by atomic mass is 10.1. The van der Waals surface area contributed by atoms with Crippen molar-refractivity contribution in [2.24, 2.45) is 0 Å². The highest BCUT2D eigenvalue weighted by atomic mass is 16.5. The molecule has 0 saturated carbocycles. The highest BCUT2D eigenvalue weighted by Crippen LogP contribution is 2.25. The van der Waals surface area contributed by atoms with Crippen molar-refractivity contribution >= 4 is 11.8 Å². The van der Waals surface area contributed by atoms with Crippen LogP contribution >= 0.6 is 0 Å². The van der Waals surface area contributed by atoms with Gasteiger partial charge in [0, 0.05) is 17.1 Å². The monoisotopic (exact) mass is 393 g/mol. The van der Waals surface area contributed by atoms with E-state index in [9.17, 15) is 9.59 Å². The first kappa shape index (κ1) is 20.2. The van der Waals surface area contributed by atoms with Crippen molar-refractivity contribution in [3.8, 4) is 17.2 Å². The van der Waals surface area contributed by atoms with Gasteiger partial charge in [0.1, 0.15) is 11.5 Å². The predicted molar refractivity (Wildman–Crippen MR) is 109 cm³/mol. The molecule has 6 heteroatoms. The zero-order valence-corrected chi connectivity index (χ0v) is 16.9. The van der Waals surface area contributed by atoms with E-state index in [-0.39, 0.29) is 5.78 Å². The number of hydrogen-bond acceptors (Lipinski definition) is 5. The first-order valence-corrected chi connectivity index (χ1v) is 9.13. The lowest BCUT2D eigenvalue weighted by Gasteiger charge is -2.11. The van der Waals surface area contributed by atoms with Gasteiger partial charge >= 0.3 is 5.97 Å². The minimum absolute atomic E-state index is 0.300. The quantitative estimate of drug-likeness (QED) is 0.446. The van der Waals surface area contributed by atoms with E-state index >= 15 is 0 Å². The molecule has 0 aliphatic rings. The van der Waals surface area contributed by atoms with Gasteiger partial charge in [0.25, 0.3) is 0 Å². The van der Waals surface area contributed by atoms with Crippen molar-refractivity contribution in [3.63, 3.8) is 0 Å². The minimum atomic E-state index is -0.546. The van der Waals surface area contributed by atoms with Gasteiger partial charge in [0.15, 0.2) is 6.61 Å². The highest BCUT2D eigenvalue weighted by Gasteiger charge is 2.20. The lowest BCUT2D eigenvalue weighted by Crippen LogP contribution is -2.15. The predicted octanol–water partition coefficient (Wildman–Crippen LogP) is 4.15. The maximum Gasteiger partial charge on any atom is 0.340 e. The Morgan fingerprint density at radius 3 is 2.28 bits per heavy atom. The van der Waals surface area contributed by atoms with Crippen LogP contribution in [-0.2, 0) is 4.74 Å². The molecular weight excluding hydrogens is 370 g/mol. The number of aryl methyl sites for hydroxylation is 1. The van der Waals surface area contributed by atoms with Gasteiger partial charge in [-0.3, -0.25) is 4.79 Å². The molecule has 0 spiro atoms. The molecule has 0 bridgehead atoms. The van der Waals surface area contributed by atoms with Gasteiger partial charge < -0.3 is 18.8 Å². The summed E-state index contributed by atoms with van der Waals surface area (Å²) in [4.78, 5) is 25.2. The zero-order valence-electron chi connectivity index (χ0n) is 16.9. The Labute approximate surface area is 169 Å². The molecule has 1 aromatic heterocycles. The summed E-state index contributed by atoms with van der Waals surface area (Å²) < 4.78 is 17.7. The van der Waals surface area contributed by atoms with Crippen LogP contribution in [0, 0.1) is 13.8 Å². The summed E-state index contributed by atoms with van der Waals surface area (Å²) >= 11 is 0. The minimum Gasteiger partial charge on any atom is -0.497 e. The first-order valence-electron chi connectivity index (χ1n) is 9.13. The molecule has 0 N–H and O–H groups in total. The molecule has 0 aliphatic carbocycles. The third-order valence-electron chi connectivity index (χ3n) is 4.71. The van der Waals surface area contributed by atoms with Crippen LogP contribution in [-0.4, -0.2) is 37.1 Å². The number of carbonyl (C=O) groups is 2. The molecule has 0 unspecified atom stereocenters. The van der Waals surface area contributed by atoms with Crippen molar-refractivity contribution in [3.05, 3.63) is 77.1 Å². The smallest absolute Gasteiger partial charge is 0.340 e. The van der Waals surface area contributed by atoms with E-state index in [1.807, 2.05) is 48.7 Å². The molecule has 0 radical (unpaired) electrons. The summed E-state index contributed by atoms with van der Waals surface area (Å²) in [5, 5.41) is 0. The Bertz CT molecular complexity index is 1040. The number of Topliss-reactive ketones (excluding diaryl/α,β-unsaturated/α-hetero) is 1. The van der Waals surface area contributed by atoms with Crippen LogP contribution < -0.4 is 9.47 Å². The number of nitrogens with zero attached hydrogens (tertiary/aromatic N) is 1. The summed E-state index contributed by atoms with van der Waals surface area (Å²) in [7, 11) is 2.99. The Hall–Kier alpha value is -3.54. The van der Waals surface area contributed by atoms with Crippen LogP contribution in [0.2, 0.25) is 0 Å². The number of hydrogen-bond donors (Lipinski definition) is 0. The molecule has 0 amide bonds. The van der Waals surface area contributed by atoms with E-state index in [4.69, 9.17) is 14.2 Å². The van der Waals surface area contributed by atoms with Crippen molar-refractivity contribution in [1.29, 1.82) is 0 Å². The number of methoxy groups -OCH3 is 2. The van der Waals surface area contributed by atoms with Gasteiger partial charge in [-0.1, -0.05) is 18.2 Å². The first-order chi connectivity index (χ1) is 14.0. The molecule has 29 heavy (non-hydrogen) atoms. The third-order valence-corrected chi connectivity index (χ3v) is 4.71. The highest BCUT2D eigenvalue weighted by molar-refractivity contribution is 6.02.